The molecule has 0 bridgehead atoms. The van der Waals surface area contributed by atoms with Gasteiger partial charge in [-0.25, -0.2) is 4.98 Å². The van der Waals surface area contributed by atoms with Gasteiger partial charge in [-0.1, -0.05) is 49.4 Å². The molecule has 0 aliphatic carbocycles. The van der Waals surface area contributed by atoms with E-state index in [1.165, 1.54) is 28.2 Å². The summed E-state index contributed by atoms with van der Waals surface area (Å²) in [6, 6.07) is 7.05. The molecule has 3 nitrogen and oxygen atoms in total. The summed E-state index contributed by atoms with van der Waals surface area (Å²) in [5.41, 5.74) is 4.05. The van der Waals surface area contributed by atoms with E-state index in [0.29, 0.717) is 6.04 Å². The van der Waals surface area contributed by atoms with Gasteiger partial charge in [-0.05, 0) is 43.1 Å². The van der Waals surface area contributed by atoms with Crippen molar-refractivity contribution in [1.29, 1.82) is 0 Å². The van der Waals surface area contributed by atoms with Gasteiger partial charge >= 0.3 is 0 Å². The molecule has 1 heterocycles. The third-order valence-electron chi connectivity index (χ3n) is 3.39. The molecule has 0 saturated heterocycles. The highest BCUT2D eigenvalue weighted by molar-refractivity contribution is 8.00. The number of hydrogen-bond donors (Lipinski definition) is 1. The Labute approximate surface area is 135 Å². The van der Waals surface area contributed by atoms with Gasteiger partial charge in [-0.3, -0.25) is 0 Å². The lowest BCUT2D eigenvalue weighted by molar-refractivity contribution is 0.603. The molecule has 2 aromatic rings. The fourth-order valence-corrected chi connectivity index (χ4v) is 4.12. The minimum Gasteiger partial charge on any atom is -0.309 e. The van der Waals surface area contributed by atoms with Gasteiger partial charge in [0.05, 0.1) is 0 Å². The zero-order valence-corrected chi connectivity index (χ0v) is 14.8. The van der Waals surface area contributed by atoms with E-state index < -0.39 is 0 Å². The van der Waals surface area contributed by atoms with Crippen LogP contribution in [0.15, 0.2) is 22.5 Å². The first-order valence-electron chi connectivity index (χ1n) is 7.40. The fourth-order valence-electron chi connectivity index (χ4n) is 2.32. The van der Waals surface area contributed by atoms with Crippen LogP contribution in [-0.2, 0) is 6.42 Å². The van der Waals surface area contributed by atoms with Gasteiger partial charge in [-0.15, -0.1) is 0 Å². The molecule has 0 aliphatic rings. The predicted octanol–water partition coefficient (Wildman–Crippen LogP) is 4.16. The molecule has 0 amide bonds. The molecule has 0 fully saturated rings. The molecule has 114 valence electrons. The van der Waals surface area contributed by atoms with Gasteiger partial charge in [-0.2, -0.15) is 4.37 Å². The van der Waals surface area contributed by atoms with Crippen molar-refractivity contribution in [2.75, 3.05) is 12.3 Å². The third-order valence-corrected chi connectivity index (χ3v) is 5.36. The summed E-state index contributed by atoms with van der Waals surface area (Å²) in [5, 5.41) is 3.59. The molecular formula is C16H23N3S2. The minimum atomic E-state index is 0.356. The Bertz CT molecular complexity index is 581. The highest BCUT2D eigenvalue weighted by Crippen LogP contribution is 2.28. The number of aryl methyl sites for hydroxylation is 3. The minimum absolute atomic E-state index is 0.356. The summed E-state index contributed by atoms with van der Waals surface area (Å²) >= 11 is 3.30. The van der Waals surface area contributed by atoms with Gasteiger partial charge in [0.1, 0.15) is 5.82 Å². The van der Waals surface area contributed by atoms with E-state index in [1.807, 2.05) is 0 Å². The molecule has 1 aromatic carbocycles. The molecule has 1 atom stereocenters. The Morgan fingerprint density at radius 1 is 1.29 bits per heavy atom. The summed E-state index contributed by atoms with van der Waals surface area (Å²) in [4.78, 5) is 4.53. The summed E-state index contributed by atoms with van der Waals surface area (Å²) in [5.74, 6) is 1.94. The van der Waals surface area contributed by atoms with Crippen molar-refractivity contribution < 1.29 is 0 Å². The van der Waals surface area contributed by atoms with Crippen molar-refractivity contribution >= 4 is 23.3 Å². The van der Waals surface area contributed by atoms with Crippen LogP contribution in [-0.4, -0.2) is 21.7 Å². The number of nitrogens with zero attached hydrogens (tertiary/aromatic N) is 2. The molecule has 0 saturated carbocycles. The van der Waals surface area contributed by atoms with E-state index >= 15 is 0 Å². The Balaban J connectivity index is 2.07. The molecule has 2 rings (SSSR count). The van der Waals surface area contributed by atoms with Gasteiger partial charge in [0.2, 0.25) is 0 Å². The van der Waals surface area contributed by atoms with E-state index in [-0.39, 0.29) is 0 Å². The lowest BCUT2D eigenvalue weighted by Gasteiger charge is -2.20. The van der Waals surface area contributed by atoms with E-state index in [0.717, 1.165) is 28.9 Å². The summed E-state index contributed by atoms with van der Waals surface area (Å²) < 4.78 is 5.42. The second-order valence-electron chi connectivity index (χ2n) is 5.11. The van der Waals surface area contributed by atoms with Crippen LogP contribution >= 0.6 is 23.3 Å². The topological polar surface area (TPSA) is 37.8 Å². The van der Waals surface area contributed by atoms with E-state index in [4.69, 9.17) is 0 Å². The lowest BCUT2D eigenvalue weighted by Crippen LogP contribution is -2.23. The largest absolute Gasteiger partial charge is 0.309 e. The first kappa shape index (κ1) is 16.5. The highest BCUT2D eigenvalue weighted by Gasteiger charge is 2.14. The van der Waals surface area contributed by atoms with Crippen LogP contribution < -0.4 is 5.32 Å². The molecule has 1 unspecified atom stereocenters. The maximum Gasteiger partial charge on any atom is 0.170 e. The standard InChI is InChI=1S/C16H23N3S2/c1-5-15-18-16(21-19-15)20-10-14(17-6-2)13-8-7-11(3)9-12(13)4/h7-9,14,17H,5-6,10H2,1-4H3. The second-order valence-corrected chi connectivity index (χ2v) is 7.13. The maximum absolute atomic E-state index is 4.53. The van der Waals surface area contributed by atoms with Crippen molar-refractivity contribution in [3.8, 4) is 0 Å². The number of hydrogen-bond acceptors (Lipinski definition) is 5. The van der Waals surface area contributed by atoms with Crippen molar-refractivity contribution in [2.45, 2.75) is 44.5 Å². The van der Waals surface area contributed by atoms with E-state index in [2.05, 4.69) is 60.6 Å². The van der Waals surface area contributed by atoms with Crippen LogP contribution in [0.5, 0.6) is 0 Å². The normalized spacial score (nSPS) is 12.6. The molecule has 1 N–H and O–H groups in total. The van der Waals surface area contributed by atoms with Crippen molar-refractivity contribution in [1.82, 2.24) is 14.7 Å². The average Bonchev–Trinajstić information content (AvgIpc) is 2.92. The van der Waals surface area contributed by atoms with Crippen LogP contribution in [0.3, 0.4) is 0 Å². The monoisotopic (exact) mass is 321 g/mol. The van der Waals surface area contributed by atoms with Gasteiger partial charge in [0.25, 0.3) is 0 Å². The third kappa shape index (κ3) is 4.53. The summed E-state index contributed by atoms with van der Waals surface area (Å²) in [6.45, 7) is 9.54. The Morgan fingerprint density at radius 2 is 2.10 bits per heavy atom. The molecule has 1 aromatic heterocycles. The van der Waals surface area contributed by atoms with Crippen LogP contribution in [0, 0.1) is 13.8 Å². The van der Waals surface area contributed by atoms with E-state index in [1.54, 1.807) is 11.8 Å². The smallest absolute Gasteiger partial charge is 0.170 e. The fraction of sp³-hybridized carbons (Fsp3) is 0.500. The van der Waals surface area contributed by atoms with Crippen molar-refractivity contribution in [3.63, 3.8) is 0 Å². The Hall–Kier alpha value is -0.910. The van der Waals surface area contributed by atoms with Gasteiger partial charge in [0.15, 0.2) is 4.34 Å². The first-order chi connectivity index (χ1) is 10.1. The van der Waals surface area contributed by atoms with E-state index in [9.17, 15) is 0 Å². The molecule has 0 spiro atoms. The molecule has 21 heavy (non-hydrogen) atoms. The maximum atomic E-state index is 4.53. The number of benzene rings is 1. The summed E-state index contributed by atoms with van der Waals surface area (Å²) in [7, 11) is 0. The predicted molar refractivity (Wildman–Crippen MR) is 92.3 cm³/mol. The summed E-state index contributed by atoms with van der Waals surface area (Å²) in [6.07, 6.45) is 0.908. The van der Waals surface area contributed by atoms with Crippen LogP contribution in [0.2, 0.25) is 0 Å². The number of thioether (sulfide) groups is 1. The quantitative estimate of drug-likeness (QED) is 0.777. The van der Waals surface area contributed by atoms with Gasteiger partial charge < -0.3 is 5.32 Å². The number of rotatable bonds is 7. The second kappa shape index (κ2) is 7.92. The zero-order chi connectivity index (χ0) is 15.2. The van der Waals surface area contributed by atoms with Crippen molar-refractivity contribution in [3.05, 3.63) is 40.7 Å². The molecule has 0 aliphatic heterocycles. The van der Waals surface area contributed by atoms with Crippen molar-refractivity contribution in [2.24, 2.45) is 0 Å². The van der Waals surface area contributed by atoms with Crippen LogP contribution in [0.25, 0.3) is 0 Å². The highest BCUT2D eigenvalue weighted by atomic mass is 32.2. The molecule has 5 heteroatoms. The SMILES string of the molecule is CCNC(CSc1nc(CC)ns1)c1ccc(C)cc1C. The Kier molecular flexibility index (Phi) is 6.21. The van der Waals surface area contributed by atoms with Crippen LogP contribution in [0.1, 0.15) is 42.4 Å². The Morgan fingerprint density at radius 3 is 2.71 bits per heavy atom. The molecular weight excluding hydrogens is 298 g/mol. The van der Waals surface area contributed by atoms with Gasteiger partial charge in [0, 0.05) is 18.2 Å². The van der Waals surface area contributed by atoms with Crippen LogP contribution in [0.4, 0.5) is 0 Å². The number of nitrogens with one attached hydrogen (secondary N) is 1. The zero-order valence-electron chi connectivity index (χ0n) is 13.1. The first-order valence-corrected chi connectivity index (χ1v) is 9.15. The number of aromatic nitrogens is 2. The lowest BCUT2D eigenvalue weighted by atomic mass is 10.0. The average molecular weight is 322 g/mol. The molecule has 0 radical (unpaired) electrons.